The quantitative estimate of drug-likeness (QED) is 0.366. The monoisotopic (exact) mass is 207 g/mol. The lowest BCUT2D eigenvalue weighted by molar-refractivity contribution is -0.152. The zero-order chi connectivity index (χ0) is 10.3. The van der Waals surface area contributed by atoms with E-state index >= 15 is 0 Å². The van der Waals surface area contributed by atoms with Crippen molar-refractivity contribution >= 4 is 22.7 Å². The van der Waals surface area contributed by atoms with E-state index in [1.54, 1.807) is 6.26 Å². The lowest BCUT2D eigenvalue weighted by atomic mass is 10.4. The van der Waals surface area contributed by atoms with Crippen molar-refractivity contribution < 1.29 is 18.5 Å². The molecule has 0 rings (SSSR count). The molecule has 1 N–H and O–H groups in total. The normalized spacial score (nSPS) is 11.8. The molecule has 1 atom stereocenters. The van der Waals surface area contributed by atoms with Crippen molar-refractivity contribution in [1.29, 1.82) is 0 Å². The topological polar surface area (TPSA) is 72.5 Å². The summed E-state index contributed by atoms with van der Waals surface area (Å²) >= 11 is 0. The maximum absolute atomic E-state index is 10.8. The van der Waals surface area contributed by atoms with Crippen LogP contribution in [0.25, 0.3) is 0 Å². The highest BCUT2D eigenvalue weighted by Crippen LogP contribution is 1.82. The fourth-order valence-electron chi connectivity index (χ4n) is 0.642. The van der Waals surface area contributed by atoms with Crippen LogP contribution in [0.4, 0.5) is 0 Å². The van der Waals surface area contributed by atoms with E-state index in [9.17, 15) is 13.8 Å². The molecule has 0 aliphatic rings. The fraction of sp³-hybridized carbons (Fsp3) is 0.714. The first-order chi connectivity index (χ1) is 6.07. The minimum Gasteiger partial charge on any atom is -0.462 e. The second kappa shape index (κ2) is 6.59. The molecule has 1 unspecified atom stereocenters. The van der Waals surface area contributed by atoms with Crippen LogP contribution in [0.15, 0.2) is 0 Å². The maximum atomic E-state index is 10.8. The highest BCUT2D eigenvalue weighted by Gasteiger charge is 2.11. The Morgan fingerprint density at radius 2 is 2.08 bits per heavy atom. The van der Waals surface area contributed by atoms with Gasteiger partial charge in [-0.15, -0.1) is 0 Å². The van der Waals surface area contributed by atoms with Gasteiger partial charge in [0, 0.05) is 29.4 Å². The summed E-state index contributed by atoms with van der Waals surface area (Å²) in [6, 6.07) is 0. The molecule has 0 aliphatic heterocycles. The molecule has 0 aromatic rings. The molecular formula is C7H13NO4S. The second-order valence-corrected chi connectivity index (χ2v) is 3.93. The van der Waals surface area contributed by atoms with E-state index < -0.39 is 22.7 Å². The van der Waals surface area contributed by atoms with Gasteiger partial charge in [-0.1, -0.05) is 0 Å². The van der Waals surface area contributed by atoms with Crippen LogP contribution in [0, 0.1) is 0 Å². The lowest BCUT2D eigenvalue weighted by Gasteiger charge is -2.01. The van der Waals surface area contributed by atoms with E-state index in [4.69, 9.17) is 0 Å². The van der Waals surface area contributed by atoms with Gasteiger partial charge in [0.05, 0.1) is 7.11 Å². The number of hydrogen-bond donors (Lipinski definition) is 1. The van der Waals surface area contributed by atoms with Gasteiger partial charge < -0.3 is 10.1 Å². The summed E-state index contributed by atoms with van der Waals surface area (Å²) in [5.74, 6) is -1.15. The number of rotatable bonds is 4. The Kier molecular flexibility index (Phi) is 6.13. The molecule has 13 heavy (non-hydrogen) atoms. The van der Waals surface area contributed by atoms with Crippen LogP contribution in [0.1, 0.15) is 6.42 Å². The molecule has 0 aliphatic carbocycles. The van der Waals surface area contributed by atoms with Gasteiger partial charge in [0.15, 0.2) is 0 Å². The molecule has 1 amide bonds. The van der Waals surface area contributed by atoms with Crippen LogP contribution in [0.2, 0.25) is 0 Å². The number of carbonyl (C=O) groups is 2. The first-order valence-electron chi connectivity index (χ1n) is 3.74. The predicted octanol–water partition coefficient (Wildman–Crippen LogP) is -0.956. The smallest absolute Gasteiger partial charge is 0.396 e. The molecular weight excluding hydrogens is 194 g/mol. The van der Waals surface area contributed by atoms with Gasteiger partial charge in [0.2, 0.25) is 0 Å². The molecule has 6 heteroatoms. The molecule has 0 bridgehead atoms. The Morgan fingerprint density at radius 1 is 1.46 bits per heavy atom. The van der Waals surface area contributed by atoms with Crippen LogP contribution in [0.5, 0.6) is 0 Å². The summed E-state index contributed by atoms with van der Waals surface area (Å²) in [5, 5.41) is 2.34. The Bertz CT molecular complexity index is 217. The zero-order valence-corrected chi connectivity index (χ0v) is 8.48. The minimum absolute atomic E-state index is 0.341. The SMILES string of the molecule is COC(=O)C(=O)NCCCS(C)=O. The number of esters is 1. The second-order valence-electron chi connectivity index (χ2n) is 2.38. The van der Waals surface area contributed by atoms with Gasteiger partial charge in [-0.3, -0.25) is 9.00 Å². The Labute approximate surface area is 79.3 Å². The summed E-state index contributed by atoms with van der Waals surface area (Å²) in [7, 11) is 0.282. The molecule has 0 spiro atoms. The molecule has 5 nitrogen and oxygen atoms in total. The van der Waals surface area contributed by atoms with Crippen LogP contribution >= 0.6 is 0 Å². The van der Waals surface area contributed by atoms with E-state index in [1.807, 2.05) is 0 Å². The molecule has 0 fully saturated rings. The number of methoxy groups -OCH3 is 1. The summed E-state index contributed by atoms with van der Waals surface area (Å²) in [4.78, 5) is 21.3. The van der Waals surface area contributed by atoms with Crippen molar-refractivity contribution in [2.45, 2.75) is 6.42 Å². The summed E-state index contributed by atoms with van der Waals surface area (Å²) in [6.45, 7) is 0.341. The lowest BCUT2D eigenvalue weighted by Crippen LogP contribution is -2.32. The molecule has 0 aromatic heterocycles. The minimum atomic E-state index is -0.905. The van der Waals surface area contributed by atoms with Crippen LogP contribution in [-0.2, 0) is 25.1 Å². The number of nitrogens with one attached hydrogen (secondary N) is 1. The van der Waals surface area contributed by atoms with E-state index in [2.05, 4.69) is 10.1 Å². The predicted molar refractivity (Wildman–Crippen MR) is 48.6 cm³/mol. The highest BCUT2D eigenvalue weighted by molar-refractivity contribution is 7.84. The maximum Gasteiger partial charge on any atom is 0.396 e. The Morgan fingerprint density at radius 3 is 2.54 bits per heavy atom. The van der Waals surface area contributed by atoms with Gasteiger partial charge in [-0.05, 0) is 6.42 Å². The number of carbonyl (C=O) groups excluding carboxylic acids is 2. The Balaban J connectivity index is 3.48. The van der Waals surface area contributed by atoms with Gasteiger partial charge in [0.25, 0.3) is 0 Å². The first kappa shape index (κ1) is 12.1. The number of amides is 1. The third-order valence-electron chi connectivity index (χ3n) is 1.26. The number of hydrogen-bond acceptors (Lipinski definition) is 4. The van der Waals surface area contributed by atoms with Crippen molar-refractivity contribution in [3.8, 4) is 0 Å². The van der Waals surface area contributed by atoms with E-state index in [0.717, 1.165) is 7.11 Å². The largest absolute Gasteiger partial charge is 0.462 e. The van der Waals surface area contributed by atoms with Gasteiger partial charge >= 0.3 is 11.9 Å². The van der Waals surface area contributed by atoms with Crippen LogP contribution < -0.4 is 5.32 Å². The zero-order valence-electron chi connectivity index (χ0n) is 7.66. The summed E-state index contributed by atoms with van der Waals surface area (Å²) < 4.78 is 14.8. The van der Waals surface area contributed by atoms with E-state index in [0.29, 0.717) is 18.7 Å². The van der Waals surface area contributed by atoms with E-state index in [1.165, 1.54) is 0 Å². The van der Waals surface area contributed by atoms with Crippen molar-refractivity contribution in [2.24, 2.45) is 0 Å². The van der Waals surface area contributed by atoms with Crippen molar-refractivity contribution in [1.82, 2.24) is 5.32 Å². The van der Waals surface area contributed by atoms with Crippen molar-refractivity contribution in [3.05, 3.63) is 0 Å². The van der Waals surface area contributed by atoms with Crippen LogP contribution in [0.3, 0.4) is 0 Å². The van der Waals surface area contributed by atoms with Crippen molar-refractivity contribution in [3.63, 3.8) is 0 Å². The fourth-order valence-corrected chi connectivity index (χ4v) is 1.19. The Hall–Kier alpha value is -0.910. The molecule has 0 saturated heterocycles. The van der Waals surface area contributed by atoms with Gasteiger partial charge in [0.1, 0.15) is 0 Å². The summed E-state index contributed by atoms with van der Waals surface area (Å²) in [5.41, 5.74) is 0. The van der Waals surface area contributed by atoms with E-state index in [-0.39, 0.29) is 0 Å². The molecule has 76 valence electrons. The standard InChI is InChI=1S/C7H13NO4S/c1-12-7(10)6(9)8-4-3-5-13(2)11/h3-5H2,1-2H3,(H,8,9). The van der Waals surface area contributed by atoms with Gasteiger partial charge in [-0.25, -0.2) is 4.79 Å². The van der Waals surface area contributed by atoms with Gasteiger partial charge in [-0.2, -0.15) is 0 Å². The third kappa shape index (κ3) is 6.27. The van der Waals surface area contributed by atoms with Crippen molar-refractivity contribution in [2.75, 3.05) is 25.7 Å². The molecule has 0 heterocycles. The summed E-state index contributed by atoms with van der Waals surface area (Å²) in [6.07, 6.45) is 2.17. The third-order valence-corrected chi connectivity index (χ3v) is 2.13. The molecule has 0 aromatic carbocycles. The average Bonchev–Trinajstić information content (AvgIpc) is 2.10. The first-order valence-corrected chi connectivity index (χ1v) is 5.46. The average molecular weight is 207 g/mol. The molecule has 0 saturated carbocycles. The molecule has 0 radical (unpaired) electrons. The number of ether oxygens (including phenoxy) is 1. The van der Waals surface area contributed by atoms with Crippen LogP contribution in [-0.4, -0.2) is 41.7 Å². The highest BCUT2D eigenvalue weighted by atomic mass is 32.2.